The minimum absolute atomic E-state index is 0.0348. The minimum atomic E-state index is -4.75. The molecule has 4 rings (SSSR count). The predicted octanol–water partition coefficient (Wildman–Crippen LogP) is 6.15. The number of carboxylic acid groups (broad SMARTS) is 1. The van der Waals surface area contributed by atoms with Crippen LogP contribution in [0.1, 0.15) is 40.0 Å². The topological polar surface area (TPSA) is 70.4 Å². The van der Waals surface area contributed by atoms with Gasteiger partial charge in [-0.1, -0.05) is 39.7 Å². The number of nitrogens with zero attached hydrogens (tertiary/aromatic N) is 1. The van der Waals surface area contributed by atoms with Crippen LogP contribution in [-0.2, 0) is 11.6 Å². The highest BCUT2D eigenvalue weighted by Crippen LogP contribution is 2.56. The van der Waals surface area contributed by atoms with Crippen LogP contribution in [-0.4, -0.2) is 21.2 Å². The van der Waals surface area contributed by atoms with Crippen LogP contribution in [0.2, 0.25) is 5.02 Å². The maximum atomic E-state index is 13.7. The van der Waals surface area contributed by atoms with Crippen molar-refractivity contribution in [1.82, 2.24) is 4.98 Å². The summed E-state index contributed by atoms with van der Waals surface area (Å²) in [5.74, 6) is -2.15. The van der Waals surface area contributed by atoms with Crippen LogP contribution in [0.4, 0.5) is 13.2 Å². The van der Waals surface area contributed by atoms with Crippen molar-refractivity contribution in [3.63, 3.8) is 0 Å². The molecule has 4 nitrogen and oxygen atoms in total. The Bertz CT molecular complexity index is 1160. The lowest BCUT2D eigenvalue weighted by Gasteiger charge is -2.21. The Hall–Kier alpha value is -2.32. The number of aromatic nitrogens is 1. The van der Waals surface area contributed by atoms with Gasteiger partial charge in [0.2, 0.25) is 0 Å². The van der Waals surface area contributed by atoms with Gasteiger partial charge in [0, 0.05) is 20.3 Å². The Morgan fingerprint density at radius 3 is 2.31 bits per heavy atom. The highest BCUT2D eigenvalue weighted by molar-refractivity contribution is 9.10. The monoisotopic (exact) mass is 485 g/mol. The Labute approximate surface area is 176 Å². The van der Waals surface area contributed by atoms with E-state index in [1.54, 1.807) is 24.3 Å². The van der Waals surface area contributed by atoms with E-state index in [1.165, 1.54) is 6.07 Å². The second-order valence-electron chi connectivity index (χ2n) is 6.93. The average molecular weight is 487 g/mol. The summed E-state index contributed by atoms with van der Waals surface area (Å²) in [6.07, 6.45) is -3.73. The molecule has 1 saturated carbocycles. The molecular weight excluding hydrogens is 475 g/mol. The fourth-order valence-electron chi connectivity index (χ4n) is 3.64. The van der Waals surface area contributed by atoms with Crippen molar-refractivity contribution in [1.29, 1.82) is 0 Å². The van der Waals surface area contributed by atoms with Gasteiger partial charge in [0.15, 0.2) is 5.75 Å². The maximum Gasteiger partial charge on any atom is 0.418 e. The fourth-order valence-corrected chi connectivity index (χ4v) is 4.23. The molecule has 9 heteroatoms. The number of hydrogen-bond donors (Lipinski definition) is 2. The molecule has 0 amide bonds. The summed E-state index contributed by atoms with van der Waals surface area (Å²) < 4.78 is 41.0. The zero-order chi connectivity index (χ0) is 21.1. The number of hydrogen-bond acceptors (Lipinski definition) is 3. The van der Waals surface area contributed by atoms with Gasteiger partial charge in [0.05, 0.1) is 16.8 Å². The molecule has 150 valence electrons. The Morgan fingerprint density at radius 1 is 1.17 bits per heavy atom. The zero-order valence-electron chi connectivity index (χ0n) is 14.5. The molecule has 0 unspecified atom stereocenters. The molecule has 1 aromatic heterocycles. The number of fused-ring (bicyclic) bond motifs is 1. The van der Waals surface area contributed by atoms with Crippen LogP contribution < -0.4 is 0 Å². The van der Waals surface area contributed by atoms with Crippen molar-refractivity contribution in [3.8, 4) is 5.75 Å². The summed E-state index contributed by atoms with van der Waals surface area (Å²) in [6, 6.07) is 8.73. The number of carbonyl (C=O) groups is 1. The van der Waals surface area contributed by atoms with Crippen LogP contribution >= 0.6 is 27.5 Å². The first-order chi connectivity index (χ1) is 13.5. The molecule has 1 fully saturated rings. The second-order valence-corrected chi connectivity index (χ2v) is 8.28. The highest BCUT2D eigenvalue weighted by atomic mass is 79.9. The van der Waals surface area contributed by atoms with Gasteiger partial charge in [-0.05, 0) is 42.7 Å². The third kappa shape index (κ3) is 3.24. The molecule has 0 bridgehead atoms. The molecule has 0 aliphatic heterocycles. The summed E-state index contributed by atoms with van der Waals surface area (Å²) in [6.45, 7) is 0. The molecule has 1 heterocycles. The van der Waals surface area contributed by atoms with Crippen LogP contribution in [0.15, 0.2) is 40.9 Å². The van der Waals surface area contributed by atoms with Crippen LogP contribution in [0, 0.1) is 0 Å². The largest absolute Gasteiger partial charge is 0.505 e. The quantitative estimate of drug-likeness (QED) is 0.466. The molecular formula is C20H12BrClF3NO3. The highest BCUT2D eigenvalue weighted by Gasteiger charge is 2.50. The smallest absolute Gasteiger partial charge is 0.418 e. The maximum absolute atomic E-state index is 13.7. The Balaban J connectivity index is 2.08. The number of alkyl halides is 3. The molecule has 29 heavy (non-hydrogen) atoms. The standard InChI is InChI=1S/C20H12BrClF3NO3/c21-10-7-12-14(18(28)29)16(27)17(26-15(12)13(8-10)20(23,24)25)19(5-6-19)9-1-3-11(22)4-2-9/h1-4,7-8,27H,5-6H2,(H,28,29). The van der Waals surface area contributed by atoms with Gasteiger partial charge in [-0.2, -0.15) is 13.2 Å². The third-order valence-corrected chi connectivity index (χ3v) is 5.86. The third-order valence-electron chi connectivity index (χ3n) is 5.15. The fraction of sp³-hybridized carbons (Fsp3) is 0.200. The van der Waals surface area contributed by atoms with E-state index in [0.717, 1.165) is 6.07 Å². The normalized spacial score (nSPS) is 15.5. The number of aromatic hydroxyl groups is 1. The molecule has 3 aromatic rings. The van der Waals surface area contributed by atoms with E-state index in [0.29, 0.717) is 23.4 Å². The van der Waals surface area contributed by atoms with Crippen molar-refractivity contribution in [2.24, 2.45) is 0 Å². The number of carboxylic acids is 1. The first-order valence-corrected chi connectivity index (χ1v) is 9.65. The van der Waals surface area contributed by atoms with Crippen molar-refractivity contribution in [2.45, 2.75) is 24.4 Å². The lowest BCUT2D eigenvalue weighted by molar-refractivity contribution is -0.136. The van der Waals surface area contributed by atoms with E-state index in [9.17, 15) is 28.2 Å². The van der Waals surface area contributed by atoms with Gasteiger partial charge in [-0.25, -0.2) is 9.78 Å². The van der Waals surface area contributed by atoms with E-state index in [1.807, 2.05) is 0 Å². The summed E-state index contributed by atoms with van der Waals surface area (Å²) in [7, 11) is 0. The number of pyridine rings is 1. The number of halogens is 5. The van der Waals surface area contributed by atoms with Crippen molar-refractivity contribution >= 4 is 44.4 Å². The first-order valence-electron chi connectivity index (χ1n) is 8.48. The first kappa shape index (κ1) is 20.0. The zero-order valence-corrected chi connectivity index (χ0v) is 16.9. The van der Waals surface area contributed by atoms with Crippen LogP contribution in [0.3, 0.4) is 0 Å². The number of rotatable bonds is 3. The van der Waals surface area contributed by atoms with Gasteiger partial charge in [-0.3, -0.25) is 0 Å². The minimum Gasteiger partial charge on any atom is -0.505 e. The summed E-state index contributed by atoms with van der Waals surface area (Å²) in [5.41, 5.74) is -2.41. The predicted molar refractivity (Wildman–Crippen MR) is 105 cm³/mol. The van der Waals surface area contributed by atoms with E-state index in [4.69, 9.17) is 11.6 Å². The molecule has 0 saturated heterocycles. The van der Waals surface area contributed by atoms with E-state index < -0.39 is 40.0 Å². The van der Waals surface area contributed by atoms with Crippen molar-refractivity contribution < 1.29 is 28.2 Å². The lowest BCUT2D eigenvalue weighted by atomic mass is 9.89. The molecule has 1 aliphatic rings. The van der Waals surface area contributed by atoms with E-state index in [2.05, 4.69) is 20.9 Å². The SMILES string of the molecule is O=C(O)c1c(O)c(C2(c3ccc(Cl)cc3)CC2)nc2c(C(F)(F)F)cc(Br)cc12. The molecule has 2 aromatic carbocycles. The van der Waals surface area contributed by atoms with Crippen molar-refractivity contribution in [2.75, 3.05) is 0 Å². The second kappa shape index (κ2) is 6.60. The van der Waals surface area contributed by atoms with Gasteiger partial charge < -0.3 is 10.2 Å². The lowest BCUT2D eigenvalue weighted by Crippen LogP contribution is -2.16. The molecule has 1 aliphatic carbocycles. The van der Waals surface area contributed by atoms with Crippen LogP contribution in [0.5, 0.6) is 5.75 Å². The van der Waals surface area contributed by atoms with Gasteiger partial charge in [0.25, 0.3) is 0 Å². The summed E-state index contributed by atoms with van der Waals surface area (Å²) in [5, 5.41) is 20.6. The van der Waals surface area contributed by atoms with Gasteiger partial charge >= 0.3 is 12.1 Å². The van der Waals surface area contributed by atoms with Crippen LogP contribution in [0.25, 0.3) is 10.9 Å². The molecule has 0 atom stereocenters. The van der Waals surface area contributed by atoms with Gasteiger partial charge in [0.1, 0.15) is 5.56 Å². The Kier molecular flexibility index (Phi) is 4.55. The average Bonchev–Trinajstić information content (AvgIpc) is 3.41. The van der Waals surface area contributed by atoms with E-state index >= 15 is 0 Å². The number of benzene rings is 2. The summed E-state index contributed by atoms with van der Waals surface area (Å²) >= 11 is 8.90. The van der Waals surface area contributed by atoms with E-state index in [-0.39, 0.29) is 15.6 Å². The number of aromatic carboxylic acids is 1. The molecule has 2 N–H and O–H groups in total. The molecule has 0 spiro atoms. The van der Waals surface area contributed by atoms with Gasteiger partial charge in [-0.15, -0.1) is 0 Å². The Morgan fingerprint density at radius 2 is 1.79 bits per heavy atom. The molecule has 0 radical (unpaired) electrons. The van der Waals surface area contributed by atoms with Crippen molar-refractivity contribution in [3.05, 3.63) is 68.3 Å². The summed E-state index contributed by atoms with van der Waals surface area (Å²) in [4.78, 5) is 16.1.